The number of nitrogen functional groups attached to an aromatic ring is 1. The largest absolute Gasteiger partial charge is 0.507 e. The fraction of sp³-hybridized carbons (Fsp3) is 0.261. The number of benzene rings is 2. The molecule has 29 heavy (non-hydrogen) atoms. The first-order valence-electron chi connectivity index (χ1n) is 9.89. The van der Waals surface area contributed by atoms with Crippen LogP contribution in [0.5, 0.6) is 5.75 Å². The van der Waals surface area contributed by atoms with Crippen molar-refractivity contribution in [3.8, 4) is 16.9 Å². The van der Waals surface area contributed by atoms with Gasteiger partial charge in [-0.2, -0.15) is 11.3 Å². The Morgan fingerprint density at radius 1 is 1.10 bits per heavy atom. The summed E-state index contributed by atoms with van der Waals surface area (Å²) in [4.78, 5) is 0. The molecule has 0 spiro atoms. The summed E-state index contributed by atoms with van der Waals surface area (Å²) < 4.78 is 0. The monoisotopic (exact) mass is 406 g/mol. The Balaban J connectivity index is 1.54. The first-order chi connectivity index (χ1) is 14.0. The fourth-order valence-corrected chi connectivity index (χ4v) is 4.65. The minimum atomic E-state index is -0.613. The van der Waals surface area contributed by atoms with Gasteiger partial charge in [0.1, 0.15) is 11.9 Å². The summed E-state index contributed by atoms with van der Waals surface area (Å²) in [6.07, 6.45) is 3.74. The molecule has 0 bridgehead atoms. The van der Waals surface area contributed by atoms with Gasteiger partial charge in [-0.1, -0.05) is 25.0 Å². The molecule has 0 saturated heterocycles. The SMILES string of the molecule is N=C(c1cc(C(N)Nc2ccc(-c3ccsc3)cc2)c(O)cc1N)C1CCCC1. The van der Waals surface area contributed by atoms with Crippen LogP contribution in [0.4, 0.5) is 11.4 Å². The Labute approximate surface area is 174 Å². The van der Waals surface area contributed by atoms with E-state index in [1.54, 1.807) is 17.4 Å². The Hall–Kier alpha value is -2.83. The zero-order chi connectivity index (χ0) is 20.4. The Bertz CT molecular complexity index is 992. The molecule has 1 unspecified atom stereocenters. The molecule has 0 radical (unpaired) electrons. The Morgan fingerprint density at radius 2 is 1.83 bits per heavy atom. The third-order valence-electron chi connectivity index (χ3n) is 5.65. The van der Waals surface area contributed by atoms with Crippen molar-refractivity contribution in [2.45, 2.75) is 31.8 Å². The maximum atomic E-state index is 10.4. The van der Waals surface area contributed by atoms with E-state index < -0.39 is 6.17 Å². The van der Waals surface area contributed by atoms with E-state index in [-0.39, 0.29) is 11.7 Å². The van der Waals surface area contributed by atoms with E-state index in [9.17, 15) is 5.11 Å². The molecule has 1 aliphatic carbocycles. The number of phenolic OH excluding ortho intramolecular Hbond substituents is 1. The van der Waals surface area contributed by atoms with Crippen molar-refractivity contribution in [3.05, 3.63) is 64.4 Å². The minimum absolute atomic E-state index is 0.0420. The fourth-order valence-electron chi connectivity index (χ4n) is 3.98. The van der Waals surface area contributed by atoms with Gasteiger partial charge in [-0.25, -0.2) is 0 Å². The second kappa shape index (κ2) is 8.27. The van der Waals surface area contributed by atoms with Crippen LogP contribution >= 0.6 is 11.3 Å². The summed E-state index contributed by atoms with van der Waals surface area (Å²) in [6, 6.07) is 13.4. The number of nitrogens with two attached hydrogens (primary N) is 2. The molecule has 1 aliphatic rings. The van der Waals surface area contributed by atoms with Gasteiger partial charge in [-0.05, 0) is 59.0 Å². The van der Waals surface area contributed by atoms with E-state index in [2.05, 4.69) is 22.1 Å². The minimum Gasteiger partial charge on any atom is -0.507 e. The van der Waals surface area contributed by atoms with E-state index in [4.69, 9.17) is 16.9 Å². The third-order valence-corrected chi connectivity index (χ3v) is 6.33. The molecule has 150 valence electrons. The van der Waals surface area contributed by atoms with Gasteiger partial charge in [0.05, 0.1) is 0 Å². The molecule has 7 N–H and O–H groups in total. The summed E-state index contributed by atoms with van der Waals surface area (Å²) >= 11 is 1.67. The molecule has 1 aromatic heterocycles. The molecule has 6 heteroatoms. The van der Waals surface area contributed by atoms with Crippen molar-refractivity contribution in [2.24, 2.45) is 11.7 Å². The Kier molecular flexibility index (Phi) is 5.56. The smallest absolute Gasteiger partial charge is 0.124 e. The third kappa shape index (κ3) is 4.13. The van der Waals surface area contributed by atoms with Gasteiger partial charge in [-0.3, -0.25) is 0 Å². The number of nitrogens with one attached hydrogen (secondary N) is 2. The maximum absolute atomic E-state index is 10.4. The molecule has 1 saturated carbocycles. The molecule has 5 nitrogen and oxygen atoms in total. The number of hydrogen-bond donors (Lipinski definition) is 5. The van der Waals surface area contributed by atoms with Gasteiger partial charge in [0, 0.05) is 40.2 Å². The zero-order valence-electron chi connectivity index (χ0n) is 16.2. The van der Waals surface area contributed by atoms with Crippen molar-refractivity contribution < 1.29 is 5.11 Å². The van der Waals surface area contributed by atoms with Gasteiger partial charge in [-0.15, -0.1) is 0 Å². The van der Waals surface area contributed by atoms with Gasteiger partial charge < -0.3 is 27.3 Å². The van der Waals surface area contributed by atoms with Crippen LogP contribution in [0.25, 0.3) is 11.1 Å². The van der Waals surface area contributed by atoms with Gasteiger partial charge in [0.2, 0.25) is 0 Å². The molecule has 1 fully saturated rings. The van der Waals surface area contributed by atoms with Gasteiger partial charge >= 0.3 is 0 Å². The molecule has 0 aliphatic heterocycles. The second-order valence-corrected chi connectivity index (χ2v) is 8.38. The highest BCUT2D eigenvalue weighted by Crippen LogP contribution is 2.34. The lowest BCUT2D eigenvalue weighted by atomic mass is 9.92. The molecule has 1 atom stereocenters. The highest BCUT2D eigenvalue weighted by atomic mass is 32.1. The zero-order valence-corrected chi connectivity index (χ0v) is 17.0. The average molecular weight is 407 g/mol. The van der Waals surface area contributed by atoms with E-state index in [1.165, 1.54) is 11.6 Å². The van der Waals surface area contributed by atoms with Crippen molar-refractivity contribution in [1.82, 2.24) is 0 Å². The molecular weight excluding hydrogens is 380 g/mol. The molecule has 3 aromatic rings. The molecule has 1 heterocycles. The van der Waals surface area contributed by atoms with Crippen molar-refractivity contribution in [2.75, 3.05) is 11.1 Å². The van der Waals surface area contributed by atoms with Gasteiger partial charge in [0.15, 0.2) is 0 Å². The Morgan fingerprint density at radius 3 is 2.48 bits per heavy atom. The van der Waals surface area contributed by atoms with Crippen molar-refractivity contribution in [1.29, 1.82) is 5.41 Å². The van der Waals surface area contributed by atoms with Crippen LogP contribution in [0.1, 0.15) is 43.0 Å². The van der Waals surface area contributed by atoms with Crippen LogP contribution in [-0.4, -0.2) is 10.8 Å². The molecule has 0 amide bonds. The summed E-state index contributed by atoms with van der Waals surface area (Å²) in [6.45, 7) is 0. The van der Waals surface area contributed by atoms with Crippen molar-refractivity contribution in [3.63, 3.8) is 0 Å². The molecular formula is C23H26N4OS. The second-order valence-electron chi connectivity index (χ2n) is 7.60. The number of hydrogen-bond acceptors (Lipinski definition) is 6. The van der Waals surface area contributed by atoms with E-state index in [1.807, 2.05) is 24.3 Å². The highest BCUT2D eigenvalue weighted by Gasteiger charge is 2.24. The van der Waals surface area contributed by atoms with Crippen LogP contribution in [0.2, 0.25) is 0 Å². The topological polar surface area (TPSA) is 108 Å². The van der Waals surface area contributed by atoms with E-state index in [0.29, 0.717) is 22.5 Å². The summed E-state index contributed by atoms with van der Waals surface area (Å²) in [5, 5.41) is 26.4. The summed E-state index contributed by atoms with van der Waals surface area (Å²) in [5.74, 6) is 0.281. The maximum Gasteiger partial charge on any atom is 0.124 e. The molecule has 4 rings (SSSR count). The first-order valence-corrected chi connectivity index (χ1v) is 10.8. The predicted octanol–water partition coefficient (Wildman–Crippen LogP) is 5.33. The lowest BCUT2D eigenvalue weighted by molar-refractivity contribution is 0.464. The predicted molar refractivity (Wildman–Crippen MR) is 122 cm³/mol. The highest BCUT2D eigenvalue weighted by molar-refractivity contribution is 7.08. The quantitative estimate of drug-likeness (QED) is 0.216. The van der Waals surface area contributed by atoms with E-state index in [0.717, 1.165) is 36.9 Å². The van der Waals surface area contributed by atoms with Crippen LogP contribution < -0.4 is 16.8 Å². The number of anilines is 2. The first kappa shape index (κ1) is 19.5. The summed E-state index contributed by atoms with van der Waals surface area (Å²) in [7, 11) is 0. The van der Waals surface area contributed by atoms with Crippen molar-refractivity contribution >= 4 is 28.4 Å². The number of rotatable bonds is 6. The van der Waals surface area contributed by atoms with Gasteiger partial charge in [0.25, 0.3) is 0 Å². The van der Waals surface area contributed by atoms with Crippen LogP contribution in [0.15, 0.2) is 53.2 Å². The average Bonchev–Trinajstić information content (AvgIpc) is 3.42. The van der Waals surface area contributed by atoms with Crippen LogP contribution in [0.3, 0.4) is 0 Å². The lowest BCUT2D eigenvalue weighted by Gasteiger charge is -2.20. The van der Waals surface area contributed by atoms with Crippen LogP contribution in [0, 0.1) is 11.3 Å². The van der Waals surface area contributed by atoms with Crippen LogP contribution in [-0.2, 0) is 0 Å². The number of thiophene rings is 1. The number of aromatic hydroxyl groups is 1. The lowest BCUT2D eigenvalue weighted by Crippen LogP contribution is -2.21. The molecule has 2 aromatic carbocycles. The number of phenols is 1. The van der Waals surface area contributed by atoms with E-state index >= 15 is 0 Å². The summed E-state index contributed by atoms with van der Waals surface area (Å²) in [5.41, 5.74) is 17.9. The standard InChI is InChI=1S/C23H26N4OS/c24-20-12-21(28)19(11-18(20)22(25)15-3-1-2-4-15)23(26)27-17-7-5-14(6-8-17)16-9-10-29-13-16/h5-13,15,23,25,27-28H,1-4,24,26H2. The normalized spacial score (nSPS) is 15.3.